The van der Waals surface area contributed by atoms with Crippen LogP contribution in [0.5, 0.6) is 0 Å². The second-order valence-corrected chi connectivity index (χ2v) is 32.9. The molecule has 6 rings (SSSR count). The van der Waals surface area contributed by atoms with Gasteiger partial charge in [-0.25, -0.2) is 4.79 Å². The summed E-state index contributed by atoms with van der Waals surface area (Å²) in [4.78, 5) is 85.5. The summed E-state index contributed by atoms with van der Waals surface area (Å²) in [6.45, 7) is 19.6. The van der Waals surface area contributed by atoms with Crippen molar-refractivity contribution >= 4 is 74.7 Å². The third-order valence-electron chi connectivity index (χ3n) is 20.3. The van der Waals surface area contributed by atoms with E-state index in [1.165, 1.54) is 52.8 Å². The summed E-state index contributed by atoms with van der Waals surface area (Å²) < 4.78 is 45.6. The van der Waals surface area contributed by atoms with E-state index in [9.17, 15) is 49.2 Å². The molecule has 5 saturated heterocycles. The summed E-state index contributed by atoms with van der Waals surface area (Å²) in [5.74, 6) is -1.87. The van der Waals surface area contributed by atoms with E-state index in [0.717, 1.165) is 25.0 Å². The summed E-state index contributed by atoms with van der Waals surface area (Å²) >= 11 is 1.85. The van der Waals surface area contributed by atoms with Gasteiger partial charge in [0.15, 0.2) is 12.6 Å². The zero-order chi connectivity index (χ0) is 73.6. The number of likely N-dealkylation sites (N-methyl/N-ethyl adjacent to an activating group) is 2. The van der Waals surface area contributed by atoms with E-state index in [1.807, 2.05) is 77.3 Å². The lowest BCUT2D eigenvalue weighted by Gasteiger charge is -2.49. The molecule has 0 aromatic heterocycles. The second kappa shape index (κ2) is 40.3. The number of methoxy groups -OCH3 is 1. The van der Waals surface area contributed by atoms with Crippen LogP contribution in [-0.4, -0.2) is 258 Å². The molecule has 0 spiro atoms. The van der Waals surface area contributed by atoms with E-state index < -0.39 is 108 Å². The Balaban J connectivity index is 0.967. The van der Waals surface area contributed by atoms with Gasteiger partial charge in [0, 0.05) is 116 Å². The van der Waals surface area contributed by atoms with Crippen LogP contribution in [0, 0.1) is 17.8 Å². The number of nitrogens with one attached hydrogen (secondary N) is 6. The predicted molar refractivity (Wildman–Crippen MR) is 385 cm³/mol. The number of benzene rings is 1. The molecule has 1 aromatic carbocycles. The van der Waals surface area contributed by atoms with Crippen molar-refractivity contribution in [3.05, 3.63) is 40.3 Å². The van der Waals surface area contributed by atoms with E-state index in [1.54, 1.807) is 34.8 Å². The van der Waals surface area contributed by atoms with Crippen molar-refractivity contribution in [1.29, 1.82) is 0 Å². The number of cyclic esters (lactones) is 1. The highest BCUT2D eigenvalue weighted by atomic mass is 33.1. The minimum atomic E-state index is -1.86. The number of hydrogen-bond acceptors (Lipinski definition) is 23. The fourth-order valence-electron chi connectivity index (χ4n) is 14.5. The van der Waals surface area contributed by atoms with Crippen LogP contribution in [-0.2, 0) is 52.3 Å². The van der Waals surface area contributed by atoms with E-state index in [4.69, 9.17) is 38.7 Å². The van der Waals surface area contributed by atoms with Crippen LogP contribution in [0.4, 0.5) is 10.5 Å². The second-order valence-electron chi connectivity index (χ2n) is 28.9. The number of ether oxygens (including phenoxy) is 7. The molecule has 31 heteroatoms. The fraction of sp³-hybridized carbons (Fsp3) is 0.826. The largest absolute Gasteiger partial charge is 0.459 e. The Labute approximate surface area is 603 Å². The number of thioether (sulfide) groups is 1. The number of carbonyl (C=O) groups excluding carboxylic acids is 6. The topological polar surface area (TPSA) is 375 Å². The molecule has 4 unspecified atom stereocenters. The molecular weight excluding hydrogens is 1350 g/mol. The first-order valence-corrected chi connectivity index (χ1v) is 39.2. The van der Waals surface area contributed by atoms with Gasteiger partial charge >= 0.3 is 12.0 Å². The van der Waals surface area contributed by atoms with Crippen LogP contribution in [0.2, 0.25) is 0 Å². The van der Waals surface area contributed by atoms with E-state index in [2.05, 4.69) is 41.9 Å². The Kier molecular flexibility index (Phi) is 34.1. The van der Waals surface area contributed by atoms with Crippen LogP contribution >= 0.6 is 33.3 Å². The Morgan fingerprint density at radius 2 is 1.57 bits per heavy atom. The number of carbonyl (C=O) groups is 6. The number of fused-ring (bicyclic) bond motifs is 1. The van der Waals surface area contributed by atoms with E-state index >= 15 is 0 Å². The first-order valence-electron chi connectivity index (χ1n) is 35.7. The molecule has 22 atom stereocenters. The number of aliphatic hydroxyl groups is 4. The van der Waals surface area contributed by atoms with Crippen LogP contribution in [0.25, 0.3) is 10.4 Å². The minimum absolute atomic E-state index is 0.0449. The maximum absolute atomic E-state index is 14.7. The summed E-state index contributed by atoms with van der Waals surface area (Å²) in [5, 5.41) is 69.9. The quantitative estimate of drug-likeness (QED) is 0.00725. The summed E-state index contributed by atoms with van der Waals surface area (Å²) in [6, 6.07) is 4.48. The molecule has 100 heavy (non-hydrogen) atoms. The van der Waals surface area contributed by atoms with Gasteiger partial charge in [-0.15, -0.1) is 0 Å². The lowest BCUT2D eigenvalue weighted by Crippen LogP contribution is -2.61. The van der Waals surface area contributed by atoms with Gasteiger partial charge in [-0.3, -0.25) is 24.0 Å². The number of unbranched alkanes of at least 4 members (excludes halogenated alkanes) is 2. The Hall–Kier alpha value is -4.28. The van der Waals surface area contributed by atoms with Crippen molar-refractivity contribution in [2.45, 2.75) is 266 Å². The number of rotatable bonds is 33. The molecule has 6 amide bonds. The highest BCUT2D eigenvalue weighted by molar-refractivity contribution is 8.76. The molecule has 10 N–H and O–H groups in total. The Bertz CT molecular complexity index is 2820. The fourth-order valence-corrected chi connectivity index (χ4v) is 18.0. The predicted octanol–water partition coefficient (Wildman–Crippen LogP) is 6.07. The summed E-state index contributed by atoms with van der Waals surface area (Å²) in [7, 11) is 10.2. The van der Waals surface area contributed by atoms with Crippen LogP contribution in [0.15, 0.2) is 29.4 Å². The maximum atomic E-state index is 14.7. The number of azide groups is 1. The van der Waals surface area contributed by atoms with Gasteiger partial charge in [-0.1, -0.05) is 66.0 Å². The normalized spacial score (nSPS) is 34.8. The summed E-state index contributed by atoms with van der Waals surface area (Å²) in [5.41, 5.74) is 4.95. The first kappa shape index (κ1) is 84.7. The Morgan fingerprint density at radius 3 is 2.25 bits per heavy atom. The molecule has 0 bridgehead atoms. The molecule has 0 saturated carbocycles. The highest BCUT2D eigenvalue weighted by Gasteiger charge is 2.54. The maximum Gasteiger partial charge on any atom is 0.315 e. The number of nitrogens with zero attached hydrogens (tertiary/aromatic N) is 5. The minimum Gasteiger partial charge on any atom is -0.459 e. The number of urea groups is 1. The van der Waals surface area contributed by atoms with E-state index in [-0.39, 0.29) is 91.8 Å². The molecule has 5 aliphatic heterocycles. The highest BCUT2D eigenvalue weighted by Crippen LogP contribution is 2.42. The van der Waals surface area contributed by atoms with Crippen molar-refractivity contribution in [3.8, 4) is 0 Å². The van der Waals surface area contributed by atoms with Gasteiger partial charge in [0.25, 0.3) is 5.91 Å². The Morgan fingerprint density at radius 1 is 0.880 bits per heavy atom. The molecule has 568 valence electrons. The number of aliphatic hydroxyl groups excluding tert-OH is 2. The number of amides is 6. The van der Waals surface area contributed by atoms with Gasteiger partial charge in [-0.2, -0.15) is 11.8 Å². The molecule has 28 nitrogen and oxygen atoms in total. The molecule has 0 radical (unpaired) electrons. The molecule has 1 aromatic rings. The third-order valence-corrected chi connectivity index (χ3v) is 24.2. The molecule has 0 aliphatic carbocycles. The van der Waals surface area contributed by atoms with Crippen LogP contribution < -0.4 is 31.9 Å². The third kappa shape index (κ3) is 24.4. The average molecular weight is 1470 g/mol. The van der Waals surface area contributed by atoms with Crippen molar-refractivity contribution in [2.75, 3.05) is 78.3 Å². The standard InChI is InChI=1S/C69H117N11O17S3/c1-15-52-69(10,90)59(84)44(6)80(13)38-40(2)36-67(8,89)60(97-65-57(83)50(79(11)12)35-41(3)93-65)42(4)58(43(5)64(87)95-52)96-55-37-68(9,91-14)61(45(7)94-55)92-32-20-30-72-54(82)28-33-99-100-34-31-73-63(86)48(74-62(85)46-24-26-47(27-25-46)77-78-70)21-18-19-29-71-53(81)23-17-16-22-51-56-49(39-98-51)75-66(88)76-56/h24-27,40-45,48-52,55-61,65,83-84,89-90H,15-23,28-39H2,1-14H3,(H,71,81)(H,72,82)(H,73,86)(H,74,85)(H2,75,76,88)/t40-,41-,42+,43-,44-,45+,48?,49?,50+,51?,52-,55+,56?,57-,58+,59-,60-,61+,65+,67-,68-,69-/m1/s1. The summed E-state index contributed by atoms with van der Waals surface area (Å²) in [6.07, 6.45) is -3.24. The zero-order valence-corrected chi connectivity index (χ0v) is 63.6. The molecule has 5 fully saturated rings. The monoisotopic (exact) mass is 1470 g/mol. The van der Waals surface area contributed by atoms with Crippen LogP contribution in [0.3, 0.4) is 0 Å². The van der Waals surface area contributed by atoms with Gasteiger partial charge in [0.05, 0.1) is 53.6 Å². The molecular formula is C69H117N11O17S3. The van der Waals surface area contributed by atoms with Crippen molar-refractivity contribution < 1.29 is 82.4 Å². The number of esters is 1. The van der Waals surface area contributed by atoms with Gasteiger partial charge < -0.3 is 95.3 Å². The van der Waals surface area contributed by atoms with Crippen molar-refractivity contribution in [1.82, 2.24) is 41.7 Å². The average Bonchev–Trinajstić information content (AvgIpc) is 0.823. The first-order chi connectivity index (χ1) is 47.3. The van der Waals surface area contributed by atoms with E-state index in [0.29, 0.717) is 87.1 Å². The van der Waals surface area contributed by atoms with Gasteiger partial charge in [0.1, 0.15) is 36.1 Å². The lowest BCUT2D eigenvalue weighted by atomic mass is 9.77. The van der Waals surface area contributed by atoms with Crippen LogP contribution in [0.1, 0.15) is 163 Å². The van der Waals surface area contributed by atoms with Crippen molar-refractivity contribution in [2.24, 2.45) is 22.9 Å². The number of hydrogen-bond donors (Lipinski definition) is 10. The molecule has 5 aliphatic rings. The zero-order valence-electron chi connectivity index (χ0n) is 61.2. The smallest absolute Gasteiger partial charge is 0.315 e. The van der Waals surface area contributed by atoms with Gasteiger partial charge in [-0.05, 0) is 151 Å². The SMILES string of the molecule is CC[C@H]1OC(=O)[C@H](C)[C@@H](O[C@H]2C[C@@](C)(OC)[C@@H](OCCCNC(=O)CCSSCCNC(=O)C(CCCCNC(=O)CCCCC3SCC4NC(=O)NC43)NC(=O)c3ccc(N=[N+]=[N-])cc3)[C@H](C)O2)[C@H](C)[C@@H](O[C@@H]2O[C@H](C)C[C@H](N(C)C)[C@H]2O)[C@](C)(O)C[C@@H](C)CN(C)[C@H](C)[C@@H](O)[C@]1(C)O. The lowest BCUT2D eigenvalue weighted by molar-refractivity contribution is -0.320. The molecule has 5 heterocycles. The van der Waals surface area contributed by atoms with Crippen molar-refractivity contribution in [3.63, 3.8) is 0 Å². The van der Waals surface area contributed by atoms with Gasteiger partial charge in [0.2, 0.25) is 17.7 Å².